The smallest absolute Gasteiger partial charge is 0.0477 e. The van der Waals surface area contributed by atoms with E-state index < -0.39 is 0 Å². The monoisotopic (exact) mass is 242 g/mol. The van der Waals surface area contributed by atoms with Crippen molar-refractivity contribution in [1.82, 2.24) is 20.9 Å². The van der Waals surface area contributed by atoms with E-state index in [1.807, 2.05) is 7.05 Å². The van der Waals surface area contributed by atoms with Crippen LogP contribution in [0.25, 0.3) is 0 Å². The molecule has 0 radical (unpaired) electrons. The molecule has 17 heavy (non-hydrogen) atoms. The fraction of sp³-hybridized carbons (Fsp3) is 1.00. The number of nitrogens with one attached hydrogen (secondary N) is 3. The van der Waals surface area contributed by atoms with Crippen LogP contribution >= 0.6 is 0 Å². The summed E-state index contributed by atoms with van der Waals surface area (Å²) >= 11 is 0. The first-order valence-corrected chi connectivity index (χ1v) is 7.07. The molecule has 4 nitrogen and oxygen atoms in total. The molecule has 1 saturated heterocycles. The molecule has 4 heteroatoms. The van der Waals surface area contributed by atoms with Gasteiger partial charge >= 0.3 is 0 Å². The summed E-state index contributed by atoms with van der Waals surface area (Å²) in [5.41, 5.74) is 0. The van der Waals surface area contributed by atoms with Crippen molar-refractivity contribution in [3.8, 4) is 0 Å². The second kappa shape index (κ2) is 9.83. The number of nitrogens with zero attached hydrogens (tertiary/aromatic N) is 1. The first kappa shape index (κ1) is 14.9. The van der Waals surface area contributed by atoms with Gasteiger partial charge in [0, 0.05) is 6.67 Å². The molecule has 0 aromatic heterocycles. The molecular formula is C13H30N4. The number of piperidine rings is 1. The molecule has 1 aliphatic rings. The summed E-state index contributed by atoms with van der Waals surface area (Å²) in [6.07, 6.45) is 5.29. The van der Waals surface area contributed by atoms with Crippen molar-refractivity contribution >= 4 is 0 Å². The summed E-state index contributed by atoms with van der Waals surface area (Å²) in [7, 11) is 4.22. The molecule has 0 aliphatic carbocycles. The first-order valence-electron chi connectivity index (χ1n) is 7.07. The van der Waals surface area contributed by atoms with E-state index in [9.17, 15) is 0 Å². The van der Waals surface area contributed by atoms with Gasteiger partial charge in [-0.05, 0) is 78.4 Å². The van der Waals surface area contributed by atoms with Crippen molar-refractivity contribution in [3.05, 3.63) is 0 Å². The van der Waals surface area contributed by atoms with Crippen LogP contribution in [0.3, 0.4) is 0 Å². The zero-order valence-corrected chi connectivity index (χ0v) is 11.6. The molecule has 1 aliphatic heterocycles. The molecule has 102 valence electrons. The van der Waals surface area contributed by atoms with E-state index in [-0.39, 0.29) is 0 Å². The molecule has 0 bridgehead atoms. The predicted molar refractivity (Wildman–Crippen MR) is 74.3 cm³/mol. The molecule has 1 fully saturated rings. The fourth-order valence-corrected chi connectivity index (χ4v) is 2.31. The molecule has 0 aromatic rings. The van der Waals surface area contributed by atoms with Crippen LogP contribution in [0.1, 0.15) is 25.7 Å². The Morgan fingerprint density at radius 3 is 2.71 bits per heavy atom. The maximum atomic E-state index is 3.48. The summed E-state index contributed by atoms with van der Waals surface area (Å²) in [4.78, 5) is 2.40. The average Bonchev–Trinajstić information content (AvgIpc) is 2.37. The lowest BCUT2D eigenvalue weighted by atomic mass is 9.94. The third-order valence-corrected chi connectivity index (χ3v) is 3.54. The summed E-state index contributed by atoms with van der Waals surface area (Å²) in [5, 5.41) is 10.1. The Balaban J connectivity index is 1.91. The minimum Gasteiger partial charge on any atom is -0.320 e. The maximum Gasteiger partial charge on any atom is 0.0477 e. The van der Waals surface area contributed by atoms with E-state index in [1.165, 1.54) is 45.3 Å². The Labute approximate surface area is 107 Å². The van der Waals surface area contributed by atoms with E-state index in [1.54, 1.807) is 0 Å². The zero-order chi connectivity index (χ0) is 12.3. The van der Waals surface area contributed by atoms with Gasteiger partial charge in [-0.15, -0.1) is 0 Å². The number of hydrogen-bond donors (Lipinski definition) is 3. The second-order valence-corrected chi connectivity index (χ2v) is 5.18. The standard InChI is InChI=1S/C13H30N4/c1-14-7-3-8-16-12-17(2)11-6-13-4-9-15-10-5-13/h13-16H,3-12H2,1-2H3. The molecule has 0 aromatic carbocycles. The Bertz CT molecular complexity index is 169. The number of rotatable bonds is 9. The van der Waals surface area contributed by atoms with Crippen LogP contribution in [0.15, 0.2) is 0 Å². The molecule has 0 spiro atoms. The average molecular weight is 242 g/mol. The quantitative estimate of drug-likeness (QED) is 0.406. The Hall–Kier alpha value is -0.160. The predicted octanol–water partition coefficient (Wildman–Crippen LogP) is 0.465. The Morgan fingerprint density at radius 1 is 1.24 bits per heavy atom. The number of hydrogen-bond acceptors (Lipinski definition) is 4. The van der Waals surface area contributed by atoms with Crippen LogP contribution in [-0.4, -0.2) is 58.4 Å². The van der Waals surface area contributed by atoms with Gasteiger partial charge in [0.2, 0.25) is 0 Å². The topological polar surface area (TPSA) is 39.3 Å². The molecule has 0 amide bonds. The van der Waals surface area contributed by atoms with Gasteiger partial charge in [0.25, 0.3) is 0 Å². The Kier molecular flexibility index (Phi) is 8.61. The van der Waals surface area contributed by atoms with E-state index in [0.717, 1.165) is 25.7 Å². The molecule has 0 unspecified atom stereocenters. The SMILES string of the molecule is CNCCCNCN(C)CCC1CCNCC1. The molecule has 1 heterocycles. The zero-order valence-electron chi connectivity index (χ0n) is 11.6. The summed E-state index contributed by atoms with van der Waals surface area (Å²) in [5.74, 6) is 0.947. The van der Waals surface area contributed by atoms with Crippen molar-refractivity contribution in [2.75, 3.05) is 53.5 Å². The van der Waals surface area contributed by atoms with E-state index >= 15 is 0 Å². The molecular weight excluding hydrogens is 212 g/mol. The highest BCUT2D eigenvalue weighted by Gasteiger charge is 2.13. The van der Waals surface area contributed by atoms with Crippen LogP contribution in [0.5, 0.6) is 0 Å². The van der Waals surface area contributed by atoms with Gasteiger partial charge < -0.3 is 16.0 Å². The van der Waals surface area contributed by atoms with Crippen LogP contribution in [0, 0.1) is 5.92 Å². The first-order chi connectivity index (χ1) is 8.33. The van der Waals surface area contributed by atoms with Gasteiger partial charge in [-0.3, -0.25) is 4.90 Å². The highest BCUT2D eigenvalue weighted by molar-refractivity contribution is 4.69. The maximum absolute atomic E-state index is 3.48. The van der Waals surface area contributed by atoms with Crippen molar-refractivity contribution in [2.24, 2.45) is 5.92 Å². The van der Waals surface area contributed by atoms with Crippen LogP contribution in [0.2, 0.25) is 0 Å². The minimum absolute atomic E-state index is 0.947. The van der Waals surface area contributed by atoms with E-state index in [0.29, 0.717) is 0 Å². The van der Waals surface area contributed by atoms with Gasteiger partial charge in [0.1, 0.15) is 0 Å². The third kappa shape index (κ3) is 7.71. The van der Waals surface area contributed by atoms with Crippen LogP contribution in [0.4, 0.5) is 0 Å². The van der Waals surface area contributed by atoms with Crippen LogP contribution in [-0.2, 0) is 0 Å². The summed E-state index contributed by atoms with van der Waals surface area (Å²) in [6.45, 7) is 6.90. The van der Waals surface area contributed by atoms with Crippen LogP contribution < -0.4 is 16.0 Å². The largest absolute Gasteiger partial charge is 0.320 e. The minimum atomic E-state index is 0.947. The van der Waals surface area contributed by atoms with Crippen molar-refractivity contribution in [3.63, 3.8) is 0 Å². The summed E-state index contributed by atoms with van der Waals surface area (Å²) in [6, 6.07) is 0. The van der Waals surface area contributed by atoms with Gasteiger partial charge in [0.15, 0.2) is 0 Å². The lowest BCUT2D eigenvalue weighted by Gasteiger charge is -2.25. The lowest BCUT2D eigenvalue weighted by Crippen LogP contribution is -2.35. The van der Waals surface area contributed by atoms with Gasteiger partial charge in [0.05, 0.1) is 0 Å². The van der Waals surface area contributed by atoms with E-state index in [2.05, 4.69) is 27.9 Å². The van der Waals surface area contributed by atoms with Crippen molar-refractivity contribution in [2.45, 2.75) is 25.7 Å². The van der Waals surface area contributed by atoms with Gasteiger partial charge in [-0.2, -0.15) is 0 Å². The van der Waals surface area contributed by atoms with Crippen molar-refractivity contribution in [1.29, 1.82) is 0 Å². The summed E-state index contributed by atoms with van der Waals surface area (Å²) < 4.78 is 0. The van der Waals surface area contributed by atoms with Crippen molar-refractivity contribution < 1.29 is 0 Å². The highest BCUT2D eigenvalue weighted by Crippen LogP contribution is 2.15. The molecule has 0 atom stereocenters. The highest BCUT2D eigenvalue weighted by atomic mass is 15.2. The molecule has 1 rings (SSSR count). The molecule has 3 N–H and O–H groups in total. The van der Waals surface area contributed by atoms with E-state index in [4.69, 9.17) is 0 Å². The fourth-order valence-electron chi connectivity index (χ4n) is 2.31. The lowest BCUT2D eigenvalue weighted by molar-refractivity contribution is 0.257. The second-order valence-electron chi connectivity index (χ2n) is 5.18. The van der Waals surface area contributed by atoms with Gasteiger partial charge in [-0.25, -0.2) is 0 Å². The molecule has 0 saturated carbocycles. The third-order valence-electron chi connectivity index (χ3n) is 3.54. The Morgan fingerprint density at radius 2 is 2.00 bits per heavy atom. The van der Waals surface area contributed by atoms with Gasteiger partial charge in [-0.1, -0.05) is 0 Å². The normalized spacial score (nSPS) is 17.8.